The Morgan fingerprint density at radius 2 is 2.07 bits per heavy atom. The lowest BCUT2D eigenvalue weighted by molar-refractivity contribution is 0.265. The largest absolute Gasteiger partial charge is 0.325 e. The van der Waals surface area contributed by atoms with Crippen molar-refractivity contribution in [3.05, 3.63) is 13.6 Å². The van der Waals surface area contributed by atoms with Gasteiger partial charge in [-0.05, 0) is 37.9 Å². The van der Waals surface area contributed by atoms with Gasteiger partial charge >= 0.3 is 0 Å². The molecule has 0 saturated carbocycles. The van der Waals surface area contributed by atoms with Gasteiger partial charge in [-0.1, -0.05) is 0 Å². The number of halogens is 2. The van der Waals surface area contributed by atoms with Gasteiger partial charge in [0.05, 0.1) is 7.57 Å². The molecule has 1 aliphatic heterocycles. The molecule has 0 bridgehead atoms. The van der Waals surface area contributed by atoms with Gasteiger partial charge in [0, 0.05) is 19.1 Å². The lowest BCUT2D eigenvalue weighted by Gasteiger charge is -2.35. The molecule has 0 aliphatic carbocycles. The average molecular weight is 376 g/mol. The quantitative estimate of drug-likeness (QED) is 0.853. The smallest absolute Gasteiger partial charge is 0.245 e. The van der Waals surface area contributed by atoms with Crippen molar-refractivity contribution in [3.63, 3.8) is 0 Å². The van der Waals surface area contributed by atoms with Crippen LogP contribution >= 0.6 is 43.2 Å². The molecule has 0 radical (unpaired) electrons. The molecule has 1 aromatic rings. The minimum absolute atomic E-state index is 0.0272. The van der Waals surface area contributed by atoms with Gasteiger partial charge in [-0.3, -0.25) is 0 Å². The van der Waals surface area contributed by atoms with Crippen molar-refractivity contribution in [1.29, 1.82) is 0 Å². The average Bonchev–Trinajstić information content (AvgIpc) is 2.40. The Bertz CT molecular complexity index is 479. The van der Waals surface area contributed by atoms with Crippen molar-refractivity contribution in [2.45, 2.75) is 10.9 Å². The monoisotopic (exact) mass is 374 g/mol. The number of hydrogen-bond acceptors (Lipinski definition) is 4. The Hall–Kier alpha value is 0.530. The molecule has 84 valence electrons. The van der Waals surface area contributed by atoms with Crippen LogP contribution in [0.4, 0.5) is 0 Å². The molecule has 1 aliphatic rings. The first kappa shape index (κ1) is 12.0. The summed E-state index contributed by atoms with van der Waals surface area (Å²) in [5.74, 6) is 0. The maximum absolute atomic E-state index is 12.0. The maximum atomic E-state index is 12.0. The summed E-state index contributed by atoms with van der Waals surface area (Å²) in [5, 5.41) is 0. The lowest BCUT2D eigenvalue weighted by Crippen LogP contribution is -2.57. The van der Waals surface area contributed by atoms with Gasteiger partial charge in [-0.15, -0.1) is 11.3 Å². The second-order valence-electron chi connectivity index (χ2n) is 3.27. The van der Waals surface area contributed by atoms with E-state index in [2.05, 4.69) is 31.9 Å². The molecule has 0 spiro atoms. The van der Waals surface area contributed by atoms with Crippen LogP contribution in [0.3, 0.4) is 0 Å². The number of sulfonamides is 1. The maximum Gasteiger partial charge on any atom is 0.245 e. The van der Waals surface area contributed by atoms with Crippen LogP contribution in [0, 0.1) is 0 Å². The van der Waals surface area contributed by atoms with E-state index in [0.717, 1.165) is 3.79 Å². The molecule has 0 unspecified atom stereocenters. The van der Waals surface area contributed by atoms with E-state index in [1.807, 2.05) is 0 Å². The highest BCUT2D eigenvalue weighted by molar-refractivity contribution is 9.12. The van der Waals surface area contributed by atoms with Crippen molar-refractivity contribution >= 4 is 53.2 Å². The highest BCUT2D eigenvalue weighted by atomic mass is 79.9. The summed E-state index contributed by atoms with van der Waals surface area (Å²) in [5.41, 5.74) is 5.56. The topological polar surface area (TPSA) is 63.4 Å². The number of rotatable bonds is 2. The van der Waals surface area contributed by atoms with Crippen LogP contribution in [-0.2, 0) is 10.0 Å². The second kappa shape index (κ2) is 4.08. The Morgan fingerprint density at radius 3 is 2.47 bits per heavy atom. The van der Waals surface area contributed by atoms with Gasteiger partial charge in [0.2, 0.25) is 10.0 Å². The molecule has 0 atom stereocenters. The van der Waals surface area contributed by atoms with E-state index in [9.17, 15) is 8.42 Å². The fourth-order valence-electron chi connectivity index (χ4n) is 1.31. The first-order valence-electron chi connectivity index (χ1n) is 4.12. The molecule has 8 heteroatoms. The van der Waals surface area contributed by atoms with E-state index >= 15 is 0 Å². The summed E-state index contributed by atoms with van der Waals surface area (Å²) in [6, 6.07) is 1.58. The third-order valence-electron chi connectivity index (χ3n) is 2.12. The van der Waals surface area contributed by atoms with Crippen molar-refractivity contribution in [1.82, 2.24) is 4.31 Å². The first-order chi connectivity index (χ1) is 6.91. The molecule has 1 aromatic heterocycles. The lowest BCUT2D eigenvalue weighted by atomic mass is 10.2. The van der Waals surface area contributed by atoms with E-state index in [0.29, 0.717) is 21.8 Å². The summed E-state index contributed by atoms with van der Waals surface area (Å²) in [4.78, 5) is 0.311. The Kier molecular flexibility index (Phi) is 3.26. The molecule has 2 N–H and O–H groups in total. The molecule has 2 heterocycles. The Balaban J connectivity index is 2.34. The fourth-order valence-corrected chi connectivity index (χ4v) is 6.62. The van der Waals surface area contributed by atoms with Crippen LogP contribution in [-0.4, -0.2) is 31.9 Å². The number of thiophene rings is 1. The van der Waals surface area contributed by atoms with Crippen LogP contribution in [0.2, 0.25) is 0 Å². The third-order valence-corrected chi connectivity index (χ3v) is 6.71. The molecule has 1 saturated heterocycles. The highest BCUT2D eigenvalue weighted by Crippen LogP contribution is 2.37. The van der Waals surface area contributed by atoms with Crippen molar-refractivity contribution in [2.24, 2.45) is 5.73 Å². The first-order valence-corrected chi connectivity index (χ1v) is 7.96. The molecule has 4 nitrogen and oxygen atoms in total. The predicted molar refractivity (Wildman–Crippen MR) is 66.5 cm³/mol. The minimum Gasteiger partial charge on any atom is -0.325 e. The van der Waals surface area contributed by atoms with Gasteiger partial charge in [0.15, 0.2) is 0 Å². The molecular formula is C7H8Br2N2O2S2. The van der Waals surface area contributed by atoms with E-state index in [1.165, 1.54) is 15.6 Å². The summed E-state index contributed by atoms with van der Waals surface area (Å²) >= 11 is 7.84. The Labute approximate surface area is 109 Å². The zero-order valence-electron chi connectivity index (χ0n) is 7.48. The molecule has 15 heavy (non-hydrogen) atoms. The van der Waals surface area contributed by atoms with E-state index in [-0.39, 0.29) is 6.04 Å². The summed E-state index contributed by atoms with van der Waals surface area (Å²) in [6.45, 7) is 0.810. The zero-order chi connectivity index (χ0) is 11.2. The van der Waals surface area contributed by atoms with E-state index in [4.69, 9.17) is 5.73 Å². The summed E-state index contributed by atoms with van der Waals surface area (Å²) < 4.78 is 26.8. The van der Waals surface area contributed by atoms with Gasteiger partial charge in [-0.25, -0.2) is 8.42 Å². The fraction of sp³-hybridized carbons (Fsp3) is 0.429. The third kappa shape index (κ3) is 2.16. The Morgan fingerprint density at radius 1 is 1.47 bits per heavy atom. The van der Waals surface area contributed by atoms with E-state index < -0.39 is 10.0 Å². The van der Waals surface area contributed by atoms with Crippen LogP contribution < -0.4 is 5.73 Å². The standard InChI is InChI=1S/C7H8Br2N2O2S2/c8-6-1-5(7(9)14-6)15(12,13)11-2-4(10)3-11/h1,4H,2-3,10H2. The molecular weight excluding hydrogens is 368 g/mol. The van der Waals surface area contributed by atoms with Gasteiger partial charge in [0.1, 0.15) is 4.90 Å². The molecule has 0 aromatic carbocycles. The van der Waals surface area contributed by atoms with E-state index in [1.54, 1.807) is 6.07 Å². The predicted octanol–water partition coefficient (Wildman–Crippen LogP) is 1.60. The summed E-state index contributed by atoms with van der Waals surface area (Å²) in [6.07, 6.45) is 0. The van der Waals surface area contributed by atoms with Crippen LogP contribution in [0.1, 0.15) is 0 Å². The summed E-state index contributed by atoms with van der Waals surface area (Å²) in [7, 11) is -3.36. The number of hydrogen-bond donors (Lipinski definition) is 1. The van der Waals surface area contributed by atoms with Gasteiger partial charge < -0.3 is 5.73 Å². The molecule has 1 fully saturated rings. The number of nitrogens with two attached hydrogens (primary N) is 1. The minimum atomic E-state index is -3.36. The zero-order valence-corrected chi connectivity index (χ0v) is 12.3. The number of nitrogens with zero attached hydrogens (tertiary/aromatic N) is 1. The molecule has 0 amide bonds. The van der Waals surface area contributed by atoms with Crippen LogP contribution in [0.25, 0.3) is 0 Å². The van der Waals surface area contributed by atoms with Gasteiger partial charge in [-0.2, -0.15) is 4.31 Å². The van der Waals surface area contributed by atoms with Crippen LogP contribution in [0.15, 0.2) is 18.5 Å². The molecule has 2 rings (SSSR count). The van der Waals surface area contributed by atoms with Crippen molar-refractivity contribution in [3.8, 4) is 0 Å². The second-order valence-corrected chi connectivity index (χ2v) is 8.93. The highest BCUT2D eigenvalue weighted by Gasteiger charge is 2.36. The van der Waals surface area contributed by atoms with Crippen molar-refractivity contribution < 1.29 is 8.42 Å². The van der Waals surface area contributed by atoms with Gasteiger partial charge in [0.25, 0.3) is 0 Å². The van der Waals surface area contributed by atoms with Crippen molar-refractivity contribution in [2.75, 3.05) is 13.1 Å². The SMILES string of the molecule is NC1CN(S(=O)(=O)c2cc(Br)sc2Br)C1. The van der Waals surface area contributed by atoms with Crippen LogP contribution in [0.5, 0.6) is 0 Å². The normalized spacial score (nSPS) is 19.1.